The summed E-state index contributed by atoms with van der Waals surface area (Å²) in [5, 5.41) is 3.75. The molecule has 0 aliphatic carbocycles. The average Bonchev–Trinajstić information content (AvgIpc) is 3.20. The molecule has 2 amide bonds. The third kappa shape index (κ3) is 4.45. The second kappa shape index (κ2) is 10.1. The number of hydrogen-bond donors (Lipinski definition) is 1. The van der Waals surface area contributed by atoms with Crippen LogP contribution in [0.15, 0.2) is 48.5 Å². The van der Waals surface area contributed by atoms with Crippen molar-refractivity contribution in [3.8, 4) is 5.75 Å². The molecular formula is C25H34ClN4O2+. The smallest absolute Gasteiger partial charge is 0.422 e. The molecule has 0 bridgehead atoms. The first kappa shape index (κ1) is 22.9. The third-order valence-corrected chi connectivity index (χ3v) is 7.05. The first-order chi connectivity index (χ1) is 15.6. The molecule has 2 aromatic carbocycles. The molecular weight excluding hydrogens is 424 g/mol. The second-order valence-corrected chi connectivity index (χ2v) is 8.99. The number of carbonyl (C=O) groups excluding carboxylic acids is 1. The van der Waals surface area contributed by atoms with Gasteiger partial charge in [-0.2, -0.15) is 0 Å². The molecule has 0 radical (unpaired) electrons. The fourth-order valence-corrected chi connectivity index (χ4v) is 5.34. The van der Waals surface area contributed by atoms with Gasteiger partial charge in [0.1, 0.15) is 24.0 Å². The van der Waals surface area contributed by atoms with E-state index >= 15 is 0 Å². The molecule has 1 N–H and O–H groups in total. The van der Waals surface area contributed by atoms with Crippen molar-refractivity contribution in [2.75, 3.05) is 57.3 Å². The first-order valence-electron chi connectivity index (χ1n) is 11.7. The van der Waals surface area contributed by atoms with Crippen LogP contribution in [0.1, 0.15) is 20.3 Å². The van der Waals surface area contributed by atoms with E-state index in [-0.39, 0.29) is 12.1 Å². The SMILES string of the molecule is CCOc1ccccc1N1CCN(CC(CC)[N+]2(c3cccc(Cl)c3)CCNC2=O)CC1. The van der Waals surface area contributed by atoms with Gasteiger partial charge in [0.25, 0.3) is 0 Å². The van der Waals surface area contributed by atoms with Crippen molar-refractivity contribution in [1.29, 1.82) is 0 Å². The molecule has 7 heteroatoms. The highest BCUT2D eigenvalue weighted by atomic mass is 35.5. The van der Waals surface area contributed by atoms with Gasteiger partial charge in [-0.3, -0.25) is 10.2 Å². The molecule has 0 spiro atoms. The van der Waals surface area contributed by atoms with E-state index in [1.807, 2.05) is 43.3 Å². The van der Waals surface area contributed by atoms with Crippen LogP contribution in [0.25, 0.3) is 0 Å². The minimum Gasteiger partial charge on any atom is -0.492 e. The second-order valence-electron chi connectivity index (χ2n) is 8.55. The fourth-order valence-electron chi connectivity index (χ4n) is 5.16. The summed E-state index contributed by atoms with van der Waals surface area (Å²) in [5.74, 6) is 0.953. The Morgan fingerprint density at radius 3 is 2.53 bits per heavy atom. The number of nitrogens with one attached hydrogen (secondary N) is 1. The van der Waals surface area contributed by atoms with Crippen LogP contribution in [-0.2, 0) is 0 Å². The van der Waals surface area contributed by atoms with Crippen LogP contribution in [0.5, 0.6) is 5.75 Å². The maximum Gasteiger partial charge on any atom is 0.422 e. The lowest BCUT2D eigenvalue weighted by atomic mass is 10.1. The number of ether oxygens (including phenoxy) is 1. The monoisotopic (exact) mass is 457 g/mol. The van der Waals surface area contributed by atoms with Crippen molar-refractivity contribution < 1.29 is 9.53 Å². The first-order valence-corrected chi connectivity index (χ1v) is 12.1. The molecule has 2 aliphatic rings. The van der Waals surface area contributed by atoms with Crippen molar-refractivity contribution in [2.45, 2.75) is 26.3 Å². The highest BCUT2D eigenvalue weighted by Crippen LogP contribution is 2.34. The van der Waals surface area contributed by atoms with Crippen molar-refractivity contribution >= 4 is 29.0 Å². The van der Waals surface area contributed by atoms with Crippen LogP contribution < -0.4 is 19.4 Å². The standard InChI is InChI=1S/C25H33ClN4O2/c1-3-21(30(17-12-27-25(30)31)22-9-7-8-20(26)18-22)19-28-13-15-29(16-14-28)23-10-5-6-11-24(23)32-4-2/h5-11,18,21H,3-4,12-17,19H2,1-2H3/p+1. The molecule has 2 heterocycles. The van der Waals surface area contributed by atoms with Crippen LogP contribution in [0.3, 0.4) is 0 Å². The lowest BCUT2D eigenvalue weighted by molar-refractivity contribution is 0.156. The molecule has 32 heavy (non-hydrogen) atoms. The van der Waals surface area contributed by atoms with Gasteiger partial charge in [-0.05, 0) is 37.6 Å². The number of rotatable bonds is 8. The van der Waals surface area contributed by atoms with E-state index < -0.39 is 0 Å². The lowest BCUT2D eigenvalue weighted by Crippen LogP contribution is -2.63. The Bertz CT molecular complexity index is 932. The number of amides is 2. The van der Waals surface area contributed by atoms with Gasteiger partial charge in [-0.15, -0.1) is 0 Å². The van der Waals surface area contributed by atoms with Gasteiger partial charge in [-0.25, -0.2) is 9.28 Å². The van der Waals surface area contributed by atoms with Gasteiger partial charge < -0.3 is 9.64 Å². The number of quaternary nitrogens is 1. The molecule has 0 aromatic heterocycles. The van der Waals surface area contributed by atoms with Crippen LogP contribution in [-0.4, -0.2) is 69.4 Å². The summed E-state index contributed by atoms with van der Waals surface area (Å²) in [4.78, 5) is 18.1. The van der Waals surface area contributed by atoms with Crippen molar-refractivity contribution in [3.63, 3.8) is 0 Å². The number of anilines is 1. The quantitative estimate of drug-likeness (QED) is 0.598. The van der Waals surface area contributed by atoms with Crippen LogP contribution in [0, 0.1) is 0 Å². The molecule has 0 saturated carbocycles. The largest absolute Gasteiger partial charge is 0.492 e. The predicted octanol–water partition coefficient (Wildman–Crippen LogP) is 4.37. The van der Waals surface area contributed by atoms with E-state index in [9.17, 15) is 4.79 Å². The number of halogens is 1. The Morgan fingerprint density at radius 2 is 1.88 bits per heavy atom. The van der Waals surface area contributed by atoms with Gasteiger partial charge in [0.15, 0.2) is 0 Å². The van der Waals surface area contributed by atoms with E-state index in [0.29, 0.717) is 22.7 Å². The highest BCUT2D eigenvalue weighted by Gasteiger charge is 2.50. The number of para-hydroxylation sites is 2. The van der Waals surface area contributed by atoms with Gasteiger partial charge in [0.2, 0.25) is 0 Å². The summed E-state index contributed by atoms with van der Waals surface area (Å²) in [7, 11) is 0. The Balaban J connectivity index is 1.48. The number of nitrogens with zero attached hydrogens (tertiary/aromatic N) is 3. The lowest BCUT2D eigenvalue weighted by Gasteiger charge is -2.42. The Labute approximate surface area is 196 Å². The van der Waals surface area contributed by atoms with Crippen molar-refractivity contribution in [2.24, 2.45) is 0 Å². The molecule has 2 saturated heterocycles. The Kier molecular flexibility index (Phi) is 7.23. The maximum atomic E-state index is 13.2. The van der Waals surface area contributed by atoms with E-state index in [1.165, 1.54) is 5.69 Å². The van der Waals surface area contributed by atoms with Gasteiger partial charge in [-0.1, -0.05) is 36.7 Å². The number of urea groups is 1. The maximum absolute atomic E-state index is 13.2. The summed E-state index contributed by atoms with van der Waals surface area (Å²) in [6, 6.07) is 16.4. The molecule has 2 unspecified atom stereocenters. The van der Waals surface area contributed by atoms with Crippen LogP contribution in [0.2, 0.25) is 5.02 Å². The fraction of sp³-hybridized carbons (Fsp3) is 0.480. The van der Waals surface area contributed by atoms with Gasteiger partial charge in [0, 0.05) is 37.3 Å². The van der Waals surface area contributed by atoms with Crippen LogP contribution in [0.4, 0.5) is 16.2 Å². The topological polar surface area (TPSA) is 44.8 Å². The van der Waals surface area contributed by atoms with Crippen molar-refractivity contribution in [3.05, 3.63) is 53.6 Å². The molecule has 2 aliphatic heterocycles. The number of hydrogen-bond acceptors (Lipinski definition) is 4. The van der Waals surface area contributed by atoms with E-state index in [2.05, 4.69) is 34.2 Å². The summed E-state index contributed by atoms with van der Waals surface area (Å²) >= 11 is 6.31. The third-order valence-electron chi connectivity index (χ3n) is 6.81. The number of carbonyl (C=O) groups is 1. The normalized spacial score (nSPS) is 22.6. The Hall–Kier alpha value is -2.28. The average molecular weight is 458 g/mol. The zero-order chi connectivity index (χ0) is 22.6. The van der Waals surface area contributed by atoms with Crippen molar-refractivity contribution in [1.82, 2.24) is 14.7 Å². The summed E-state index contributed by atoms with van der Waals surface area (Å²) in [6.07, 6.45) is 0.924. The van der Waals surface area contributed by atoms with E-state index in [0.717, 1.165) is 57.1 Å². The predicted molar refractivity (Wildman–Crippen MR) is 132 cm³/mol. The Morgan fingerprint density at radius 1 is 1.09 bits per heavy atom. The minimum absolute atomic E-state index is 0.0865. The minimum atomic E-state index is 0.0865. The molecule has 6 nitrogen and oxygen atoms in total. The highest BCUT2D eigenvalue weighted by molar-refractivity contribution is 6.30. The van der Waals surface area contributed by atoms with E-state index in [1.54, 1.807) is 0 Å². The number of benzene rings is 2. The van der Waals surface area contributed by atoms with E-state index in [4.69, 9.17) is 16.3 Å². The van der Waals surface area contributed by atoms with Gasteiger partial charge in [0.05, 0.1) is 25.4 Å². The zero-order valence-corrected chi connectivity index (χ0v) is 19.9. The molecule has 172 valence electrons. The number of piperazine rings is 1. The molecule has 2 atom stereocenters. The molecule has 2 aromatic rings. The summed E-state index contributed by atoms with van der Waals surface area (Å²) < 4.78 is 6.17. The summed E-state index contributed by atoms with van der Waals surface area (Å²) in [5.41, 5.74) is 2.16. The summed E-state index contributed by atoms with van der Waals surface area (Å²) in [6.45, 7) is 11.1. The zero-order valence-electron chi connectivity index (χ0n) is 19.1. The molecule has 4 rings (SSSR count). The van der Waals surface area contributed by atoms with Crippen LogP contribution >= 0.6 is 11.6 Å². The molecule has 2 fully saturated rings. The van der Waals surface area contributed by atoms with Gasteiger partial charge >= 0.3 is 6.03 Å².